The highest BCUT2D eigenvalue weighted by Gasteiger charge is 2.34. The Balaban J connectivity index is 2.27. The molecular formula is C8H15NO2. The molecule has 3 nitrogen and oxygen atoms in total. The molecule has 1 aliphatic rings. The smallest absolute Gasteiger partial charge is 0.317 e. The average molecular weight is 157 g/mol. The Bertz CT molecular complexity index is 147. The Morgan fingerprint density at radius 3 is 2.55 bits per heavy atom. The first-order chi connectivity index (χ1) is 5.18. The number of aliphatic carboxylic acids is 1. The van der Waals surface area contributed by atoms with Crippen LogP contribution in [0.4, 0.5) is 0 Å². The van der Waals surface area contributed by atoms with Gasteiger partial charge in [0.1, 0.15) is 0 Å². The molecule has 0 aromatic heterocycles. The van der Waals surface area contributed by atoms with E-state index in [0.29, 0.717) is 0 Å². The van der Waals surface area contributed by atoms with Crippen LogP contribution < -0.4 is 5.32 Å². The van der Waals surface area contributed by atoms with Gasteiger partial charge in [0, 0.05) is 5.54 Å². The zero-order chi connectivity index (χ0) is 8.32. The van der Waals surface area contributed by atoms with Crippen LogP contribution in [-0.2, 0) is 4.79 Å². The quantitative estimate of drug-likeness (QED) is 0.640. The van der Waals surface area contributed by atoms with Gasteiger partial charge in [-0.15, -0.1) is 0 Å². The van der Waals surface area contributed by atoms with Crippen LogP contribution in [0, 0.1) is 0 Å². The summed E-state index contributed by atoms with van der Waals surface area (Å²) in [5, 5.41) is 11.5. The van der Waals surface area contributed by atoms with E-state index in [1.54, 1.807) is 0 Å². The van der Waals surface area contributed by atoms with Crippen LogP contribution in [0.25, 0.3) is 0 Å². The lowest BCUT2D eigenvalue weighted by molar-refractivity contribution is -0.136. The van der Waals surface area contributed by atoms with E-state index in [1.165, 1.54) is 6.42 Å². The van der Waals surface area contributed by atoms with Gasteiger partial charge in [-0.1, -0.05) is 6.92 Å². The Hall–Kier alpha value is -0.570. The maximum absolute atomic E-state index is 10.2. The molecule has 11 heavy (non-hydrogen) atoms. The summed E-state index contributed by atoms with van der Waals surface area (Å²) in [7, 11) is 0. The summed E-state index contributed by atoms with van der Waals surface area (Å²) in [5.41, 5.74) is 0.165. The number of hydrogen-bond donors (Lipinski definition) is 2. The Labute approximate surface area is 66.8 Å². The van der Waals surface area contributed by atoms with Crippen LogP contribution in [0.3, 0.4) is 0 Å². The fourth-order valence-electron chi connectivity index (χ4n) is 1.52. The van der Waals surface area contributed by atoms with Gasteiger partial charge in [-0.25, -0.2) is 0 Å². The standard InChI is InChI=1S/C8H15NO2/c1-2-8(4-3-5-8)9-6-7(10)11/h9H,2-6H2,1H3,(H,10,11). The lowest BCUT2D eigenvalue weighted by Crippen LogP contribution is -2.51. The summed E-state index contributed by atoms with van der Waals surface area (Å²) in [6, 6.07) is 0. The fourth-order valence-corrected chi connectivity index (χ4v) is 1.52. The lowest BCUT2D eigenvalue weighted by Gasteiger charge is -2.41. The highest BCUT2D eigenvalue weighted by Crippen LogP contribution is 2.34. The summed E-state index contributed by atoms with van der Waals surface area (Å²) in [6.45, 7) is 2.21. The first-order valence-corrected chi connectivity index (χ1v) is 4.15. The molecule has 2 N–H and O–H groups in total. The molecule has 0 bridgehead atoms. The van der Waals surface area contributed by atoms with E-state index in [-0.39, 0.29) is 12.1 Å². The molecule has 0 saturated heterocycles. The van der Waals surface area contributed by atoms with E-state index in [0.717, 1.165) is 19.3 Å². The second-order valence-corrected chi connectivity index (χ2v) is 3.23. The molecule has 1 fully saturated rings. The van der Waals surface area contributed by atoms with Crippen LogP contribution in [-0.4, -0.2) is 23.2 Å². The van der Waals surface area contributed by atoms with Crippen molar-refractivity contribution in [2.75, 3.05) is 6.54 Å². The number of carbonyl (C=O) groups is 1. The van der Waals surface area contributed by atoms with Crippen molar-refractivity contribution < 1.29 is 9.90 Å². The second kappa shape index (κ2) is 3.22. The maximum Gasteiger partial charge on any atom is 0.317 e. The van der Waals surface area contributed by atoms with Crippen molar-refractivity contribution in [3.8, 4) is 0 Å². The summed E-state index contributed by atoms with van der Waals surface area (Å²) in [4.78, 5) is 10.2. The molecule has 0 amide bonds. The third-order valence-electron chi connectivity index (χ3n) is 2.60. The van der Waals surface area contributed by atoms with Gasteiger partial charge in [0.2, 0.25) is 0 Å². The Morgan fingerprint density at radius 1 is 1.64 bits per heavy atom. The molecule has 0 aromatic carbocycles. The van der Waals surface area contributed by atoms with Crippen LogP contribution >= 0.6 is 0 Å². The molecular weight excluding hydrogens is 142 g/mol. The van der Waals surface area contributed by atoms with Gasteiger partial charge < -0.3 is 10.4 Å². The molecule has 0 aliphatic heterocycles. The van der Waals surface area contributed by atoms with Crippen LogP contribution in [0.2, 0.25) is 0 Å². The van der Waals surface area contributed by atoms with Gasteiger partial charge in [0.05, 0.1) is 6.54 Å². The van der Waals surface area contributed by atoms with Crippen molar-refractivity contribution in [1.82, 2.24) is 5.32 Å². The third-order valence-corrected chi connectivity index (χ3v) is 2.60. The van der Waals surface area contributed by atoms with E-state index in [4.69, 9.17) is 5.11 Å². The molecule has 1 aliphatic carbocycles. The number of rotatable bonds is 4. The van der Waals surface area contributed by atoms with Crippen molar-refractivity contribution >= 4 is 5.97 Å². The first-order valence-electron chi connectivity index (χ1n) is 4.15. The molecule has 3 heteroatoms. The number of carboxylic acids is 1. The van der Waals surface area contributed by atoms with Crippen LogP contribution in [0.1, 0.15) is 32.6 Å². The summed E-state index contributed by atoms with van der Waals surface area (Å²) in [6.07, 6.45) is 4.55. The highest BCUT2D eigenvalue weighted by molar-refractivity contribution is 5.69. The minimum absolute atomic E-state index is 0.105. The molecule has 0 heterocycles. The third kappa shape index (κ3) is 1.93. The zero-order valence-electron chi connectivity index (χ0n) is 6.89. The van der Waals surface area contributed by atoms with E-state index in [1.807, 2.05) is 0 Å². The molecule has 0 atom stereocenters. The predicted octanol–water partition coefficient (Wildman–Crippen LogP) is 0.993. The molecule has 1 rings (SSSR count). The SMILES string of the molecule is CCC1(NCC(=O)O)CCC1. The fraction of sp³-hybridized carbons (Fsp3) is 0.875. The normalized spacial score (nSPS) is 20.8. The molecule has 0 aromatic rings. The Morgan fingerprint density at radius 2 is 2.27 bits per heavy atom. The molecule has 0 spiro atoms. The van der Waals surface area contributed by atoms with Gasteiger partial charge in [0.25, 0.3) is 0 Å². The Kier molecular flexibility index (Phi) is 2.49. The van der Waals surface area contributed by atoms with Crippen molar-refractivity contribution in [2.45, 2.75) is 38.1 Å². The molecule has 1 saturated carbocycles. The van der Waals surface area contributed by atoms with Gasteiger partial charge >= 0.3 is 5.97 Å². The van der Waals surface area contributed by atoms with Gasteiger partial charge in [0.15, 0.2) is 0 Å². The van der Waals surface area contributed by atoms with E-state index < -0.39 is 5.97 Å². The summed E-state index contributed by atoms with van der Waals surface area (Å²) in [5.74, 6) is -0.760. The second-order valence-electron chi connectivity index (χ2n) is 3.23. The van der Waals surface area contributed by atoms with Crippen molar-refractivity contribution in [2.24, 2.45) is 0 Å². The summed E-state index contributed by atoms with van der Waals surface area (Å²) >= 11 is 0. The van der Waals surface area contributed by atoms with E-state index in [2.05, 4.69) is 12.2 Å². The highest BCUT2D eigenvalue weighted by atomic mass is 16.4. The molecule has 0 radical (unpaired) electrons. The van der Waals surface area contributed by atoms with Crippen molar-refractivity contribution in [1.29, 1.82) is 0 Å². The molecule has 0 unspecified atom stereocenters. The van der Waals surface area contributed by atoms with Crippen LogP contribution in [0.5, 0.6) is 0 Å². The van der Waals surface area contributed by atoms with Gasteiger partial charge in [-0.05, 0) is 25.7 Å². The van der Waals surface area contributed by atoms with Crippen molar-refractivity contribution in [3.63, 3.8) is 0 Å². The molecule has 64 valence electrons. The maximum atomic E-state index is 10.2. The monoisotopic (exact) mass is 157 g/mol. The average Bonchev–Trinajstić information content (AvgIpc) is 1.86. The van der Waals surface area contributed by atoms with E-state index in [9.17, 15) is 4.79 Å². The van der Waals surface area contributed by atoms with Gasteiger partial charge in [-0.2, -0.15) is 0 Å². The van der Waals surface area contributed by atoms with Crippen molar-refractivity contribution in [3.05, 3.63) is 0 Å². The minimum Gasteiger partial charge on any atom is -0.480 e. The number of carboxylic acid groups (broad SMARTS) is 1. The largest absolute Gasteiger partial charge is 0.480 e. The predicted molar refractivity (Wildman–Crippen MR) is 42.5 cm³/mol. The lowest BCUT2D eigenvalue weighted by atomic mass is 9.75. The van der Waals surface area contributed by atoms with Gasteiger partial charge in [-0.3, -0.25) is 4.79 Å². The minimum atomic E-state index is -0.760. The zero-order valence-corrected chi connectivity index (χ0v) is 6.89. The topological polar surface area (TPSA) is 49.3 Å². The van der Waals surface area contributed by atoms with Crippen LogP contribution in [0.15, 0.2) is 0 Å². The summed E-state index contributed by atoms with van der Waals surface area (Å²) < 4.78 is 0. The van der Waals surface area contributed by atoms with E-state index >= 15 is 0 Å². The number of hydrogen-bond acceptors (Lipinski definition) is 2. The first kappa shape index (κ1) is 8.53. The number of nitrogens with one attached hydrogen (secondary N) is 1.